The number of aromatic nitrogens is 5. The van der Waals surface area contributed by atoms with Crippen molar-refractivity contribution in [3.63, 3.8) is 0 Å². The molecule has 7 heteroatoms. The second-order valence-electron chi connectivity index (χ2n) is 7.75. The molecule has 4 rings (SSSR count). The van der Waals surface area contributed by atoms with E-state index in [4.69, 9.17) is 10.1 Å². The van der Waals surface area contributed by atoms with E-state index in [9.17, 15) is 4.79 Å². The zero-order valence-electron chi connectivity index (χ0n) is 15.5. The second-order valence-corrected chi connectivity index (χ2v) is 7.75. The quantitative estimate of drug-likeness (QED) is 0.796. The maximum Gasteiger partial charge on any atom is 0.223 e. The van der Waals surface area contributed by atoms with Gasteiger partial charge in [-0.05, 0) is 31.6 Å². The van der Waals surface area contributed by atoms with Gasteiger partial charge in [0.1, 0.15) is 5.82 Å². The normalized spacial score (nSPS) is 19.7. The Balaban J connectivity index is 1.51. The van der Waals surface area contributed by atoms with Crippen LogP contribution in [0.5, 0.6) is 0 Å². The lowest BCUT2D eigenvalue weighted by Gasteiger charge is -2.36. The SMILES string of the molecule is CC(C)C[C@H]1c2nc(C3CC3)nn2CCN1C(=O)CCc1cnccn1. The maximum atomic E-state index is 12.9. The summed E-state index contributed by atoms with van der Waals surface area (Å²) < 4.78 is 2.03. The lowest BCUT2D eigenvalue weighted by molar-refractivity contribution is -0.135. The van der Waals surface area contributed by atoms with Crippen LogP contribution in [-0.2, 0) is 17.8 Å². The van der Waals surface area contributed by atoms with Gasteiger partial charge in [0.25, 0.3) is 0 Å². The van der Waals surface area contributed by atoms with Crippen LogP contribution >= 0.6 is 0 Å². The van der Waals surface area contributed by atoms with Crippen LogP contribution in [0.1, 0.15) is 68.8 Å². The number of rotatable bonds is 6. The minimum atomic E-state index is 0.0260. The van der Waals surface area contributed by atoms with Crippen LogP contribution < -0.4 is 0 Å². The van der Waals surface area contributed by atoms with Gasteiger partial charge in [0.05, 0.1) is 18.3 Å². The fraction of sp³-hybridized carbons (Fsp3) is 0.632. The first kappa shape index (κ1) is 17.1. The van der Waals surface area contributed by atoms with Gasteiger partial charge < -0.3 is 4.90 Å². The van der Waals surface area contributed by atoms with Crippen LogP contribution in [0.15, 0.2) is 18.6 Å². The molecule has 0 bridgehead atoms. The van der Waals surface area contributed by atoms with E-state index in [-0.39, 0.29) is 11.9 Å². The molecule has 138 valence electrons. The van der Waals surface area contributed by atoms with E-state index in [1.807, 2.05) is 9.58 Å². The van der Waals surface area contributed by atoms with Gasteiger partial charge in [0.2, 0.25) is 5.91 Å². The van der Waals surface area contributed by atoms with Gasteiger partial charge in [0.15, 0.2) is 5.82 Å². The van der Waals surface area contributed by atoms with E-state index in [1.54, 1.807) is 18.6 Å². The summed E-state index contributed by atoms with van der Waals surface area (Å²) >= 11 is 0. The van der Waals surface area contributed by atoms with Gasteiger partial charge >= 0.3 is 0 Å². The van der Waals surface area contributed by atoms with Crippen LogP contribution in [0.25, 0.3) is 0 Å². The summed E-state index contributed by atoms with van der Waals surface area (Å²) in [6.07, 6.45) is 9.43. The smallest absolute Gasteiger partial charge is 0.223 e. The molecular formula is C19H26N6O. The van der Waals surface area contributed by atoms with Crippen molar-refractivity contribution in [1.29, 1.82) is 0 Å². The fourth-order valence-electron chi connectivity index (χ4n) is 3.61. The van der Waals surface area contributed by atoms with Gasteiger partial charge in [-0.2, -0.15) is 5.10 Å². The number of amides is 1. The third-order valence-electron chi connectivity index (χ3n) is 5.11. The monoisotopic (exact) mass is 354 g/mol. The number of hydrogen-bond donors (Lipinski definition) is 0. The summed E-state index contributed by atoms with van der Waals surface area (Å²) in [4.78, 5) is 28.1. The highest BCUT2D eigenvalue weighted by molar-refractivity contribution is 5.77. The summed E-state index contributed by atoms with van der Waals surface area (Å²) in [5, 5.41) is 4.71. The molecule has 3 heterocycles. The van der Waals surface area contributed by atoms with Crippen molar-refractivity contribution in [3.8, 4) is 0 Å². The minimum absolute atomic E-state index is 0.0260. The van der Waals surface area contributed by atoms with Gasteiger partial charge in [-0.15, -0.1) is 0 Å². The van der Waals surface area contributed by atoms with Crippen molar-refractivity contribution in [2.75, 3.05) is 6.54 Å². The summed E-state index contributed by atoms with van der Waals surface area (Å²) in [6.45, 7) is 5.83. The number of carbonyl (C=O) groups is 1. The number of nitrogens with zero attached hydrogens (tertiary/aromatic N) is 6. The summed E-state index contributed by atoms with van der Waals surface area (Å²) in [6, 6.07) is 0.0260. The molecule has 1 saturated carbocycles. The molecule has 2 aliphatic rings. The molecule has 26 heavy (non-hydrogen) atoms. The van der Waals surface area contributed by atoms with Crippen molar-refractivity contribution in [3.05, 3.63) is 35.9 Å². The van der Waals surface area contributed by atoms with E-state index in [0.29, 0.717) is 31.2 Å². The van der Waals surface area contributed by atoms with Crippen LogP contribution in [0.2, 0.25) is 0 Å². The molecule has 0 aromatic carbocycles. The highest BCUT2D eigenvalue weighted by Crippen LogP contribution is 2.40. The lowest BCUT2D eigenvalue weighted by Crippen LogP contribution is -2.43. The maximum absolute atomic E-state index is 12.9. The van der Waals surface area contributed by atoms with E-state index in [0.717, 1.165) is 30.3 Å². The molecule has 0 N–H and O–H groups in total. The molecule has 1 atom stereocenters. The van der Waals surface area contributed by atoms with Crippen molar-refractivity contribution < 1.29 is 4.79 Å². The molecule has 7 nitrogen and oxygen atoms in total. The fourth-order valence-corrected chi connectivity index (χ4v) is 3.61. The van der Waals surface area contributed by atoms with Crippen molar-refractivity contribution in [2.45, 2.75) is 64.5 Å². The molecule has 0 unspecified atom stereocenters. The second kappa shape index (κ2) is 7.13. The Kier molecular flexibility index (Phi) is 4.70. The van der Waals surface area contributed by atoms with E-state index in [2.05, 4.69) is 23.8 Å². The van der Waals surface area contributed by atoms with Crippen LogP contribution in [-0.4, -0.2) is 42.1 Å². The van der Waals surface area contributed by atoms with Gasteiger partial charge in [-0.1, -0.05) is 13.8 Å². The Bertz CT molecular complexity index is 768. The predicted molar refractivity (Wildman–Crippen MR) is 96.3 cm³/mol. The third-order valence-corrected chi connectivity index (χ3v) is 5.11. The molecule has 1 aliphatic heterocycles. The summed E-state index contributed by atoms with van der Waals surface area (Å²) in [5.41, 5.74) is 0.859. The van der Waals surface area contributed by atoms with Crippen molar-refractivity contribution in [1.82, 2.24) is 29.6 Å². The average Bonchev–Trinajstić information content (AvgIpc) is 3.39. The van der Waals surface area contributed by atoms with Crippen molar-refractivity contribution >= 4 is 5.91 Å². The van der Waals surface area contributed by atoms with Gasteiger partial charge in [-0.25, -0.2) is 9.67 Å². The van der Waals surface area contributed by atoms with Gasteiger partial charge in [0, 0.05) is 37.5 Å². The predicted octanol–water partition coefficient (Wildman–Crippen LogP) is 2.51. The standard InChI is InChI=1S/C19H26N6O/c1-13(2)11-16-19-22-18(14-3-4-14)23-25(19)10-9-24(16)17(26)6-5-15-12-20-7-8-21-15/h7-8,12-14,16H,3-6,9-11H2,1-2H3/t16-/m0/s1. The Hall–Kier alpha value is -2.31. The topological polar surface area (TPSA) is 76.8 Å². The van der Waals surface area contributed by atoms with Crippen LogP contribution in [0, 0.1) is 5.92 Å². The van der Waals surface area contributed by atoms with E-state index in [1.165, 1.54) is 12.8 Å². The van der Waals surface area contributed by atoms with Crippen LogP contribution in [0.4, 0.5) is 0 Å². The number of fused-ring (bicyclic) bond motifs is 1. The number of aryl methyl sites for hydroxylation is 1. The Labute approximate surface area is 153 Å². The molecule has 0 saturated heterocycles. The highest BCUT2D eigenvalue weighted by Gasteiger charge is 2.36. The highest BCUT2D eigenvalue weighted by atomic mass is 16.2. The zero-order chi connectivity index (χ0) is 18.1. The Morgan fingerprint density at radius 3 is 2.81 bits per heavy atom. The average molecular weight is 354 g/mol. The number of hydrogen-bond acceptors (Lipinski definition) is 5. The summed E-state index contributed by atoms with van der Waals surface area (Å²) in [7, 11) is 0. The molecule has 1 fully saturated rings. The van der Waals surface area contributed by atoms with Crippen molar-refractivity contribution in [2.24, 2.45) is 5.92 Å². The first-order valence-electron chi connectivity index (χ1n) is 9.61. The molecule has 2 aromatic rings. The third kappa shape index (κ3) is 3.61. The largest absolute Gasteiger partial charge is 0.331 e. The van der Waals surface area contributed by atoms with Gasteiger partial charge in [-0.3, -0.25) is 14.8 Å². The first-order valence-corrected chi connectivity index (χ1v) is 9.61. The lowest BCUT2D eigenvalue weighted by atomic mass is 9.99. The van der Waals surface area contributed by atoms with E-state index < -0.39 is 0 Å². The first-order chi connectivity index (χ1) is 12.6. The number of carbonyl (C=O) groups excluding carboxylic acids is 1. The molecular weight excluding hydrogens is 328 g/mol. The Morgan fingerprint density at radius 1 is 1.27 bits per heavy atom. The summed E-state index contributed by atoms with van der Waals surface area (Å²) in [5.74, 6) is 3.14. The molecule has 0 radical (unpaired) electrons. The zero-order valence-corrected chi connectivity index (χ0v) is 15.5. The molecule has 1 amide bonds. The molecule has 0 spiro atoms. The van der Waals surface area contributed by atoms with Crippen LogP contribution in [0.3, 0.4) is 0 Å². The Morgan fingerprint density at radius 2 is 2.12 bits per heavy atom. The minimum Gasteiger partial charge on any atom is -0.331 e. The van der Waals surface area contributed by atoms with E-state index >= 15 is 0 Å². The molecule has 2 aromatic heterocycles. The molecule has 1 aliphatic carbocycles.